The molecule has 0 radical (unpaired) electrons. The van der Waals surface area contributed by atoms with Crippen molar-refractivity contribution in [2.75, 3.05) is 0 Å². The fourth-order valence-electron chi connectivity index (χ4n) is 1.80. The molecule has 4 heteroatoms. The van der Waals surface area contributed by atoms with Crippen molar-refractivity contribution in [3.05, 3.63) is 70.2 Å². The van der Waals surface area contributed by atoms with E-state index in [4.69, 9.17) is 4.74 Å². The molecule has 0 spiro atoms. The molecular weight excluding hydrogens is 336 g/mol. The van der Waals surface area contributed by atoms with E-state index in [1.165, 1.54) is 0 Å². The maximum absolute atomic E-state index is 11.9. The van der Waals surface area contributed by atoms with Crippen LogP contribution in [0.25, 0.3) is 0 Å². The second-order valence-electron chi connectivity index (χ2n) is 4.44. The average molecular weight is 351 g/mol. The molecular formula is C16H15BrO2S. The quantitative estimate of drug-likeness (QED) is 0.650. The van der Waals surface area contributed by atoms with Gasteiger partial charge in [-0.05, 0) is 29.7 Å². The summed E-state index contributed by atoms with van der Waals surface area (Å²) in [7, 11) is 0. The van der Waals surface area contributed by atoms with Gasteiger partial charge in [-0.3, -0.25) is 4.79 Å². The Bertz CT molecular complexity index is 572. The lowest BCUT2D eigenvalue weighted by Gasteiger charge is -2.11. The van der Waals surface area contributed by atoms with E-state index in [9.17, 15) is 4.79 Å². The zero-order valence-corrected chi connectivity index (χ0v) is 13.3. The van der Waals surface area contributed by atoms with E-state index in [1.54, 1.807) is 0 Å². The summed E-state index contributed by atoms with van der Waals surface area (Å²) >= 11 is 7.71. The van der Waals surface area contributed by atoms with E-state index in [-0.39, 0.29) is 12.6 Å². The minimum atomic E-state index is -0.440. The number of rotatable bonds is 5. The lowest BCUT2D eigenvalue weighted by molar-refractivity contribution is -0.144. The molecule has 1 atom stereocenters. The highest BCUT2D eigenvalue weighted by molar-refractivity contribution is 9.10. The summed E-state index contributed by atoms with van der Waals surface area (Å²) in [5.74, 6) is -0.294. The molecule has 0 aliphatic rings. The number of esters is 1. The largest absolute Gasteiger partial charge is 0.460 e. The molecule has 1 unspecified atom stereocenters. The minimum absolute atomic E-state index is 0.268. The summed E-state index contributed by atoms with van der Waals surface area (Å²) in [6.45, 7) is 0.268. The zero-order valence-electron chi connectivity index (χ0n) is 10.8. The molecule has 2 aromatic rings. The number of hydrogen-bond donors (Lipinski definition) is 1. The van der Waals surface area contributed by atoms with E-state index in [0.717, 1.165) is 15.6 Å². The van der Waals surface area contributed by atoms with Crippen LogP contribution in [0.2, 0.25) is 0 Å². The zero-order chi connectivity index (χ0) is 14.4. The van der Waals surface area contributed by atoms with Crippen LogP contribution in [0.1, 0.15) is 11.1 Å². The lowest BCUT2D eigenvalue weighted by Crippen LogP contribution is -2.20. The molecule has 0 aliphatic heterocycles. The second kappa shape index (κ2) is 7.50. The first-order valence-corrected chi connectivity index (χ1v) is 7.59. The van der Waals surface area contributed by atoms with Gasteiger partial charge >= 0.3 is 5.97 Å². The maximum atomic E-state index is 11.9. The van der Waals surface area contributed by atoms with Gasteiger partial charge in [0, 0.05) is 4.47 Å². The van der Waals surface area contributed by atoms with Crippen molar-refractivity contribution in [1.82, 2.24) is 0 Å². The van der Waals surface area contributed by atoms with Gasteiger partial charge in [0.25, 0.3) is 0 Å². The Morgan fingerprint density at radius 3 is 2.50 bits per heavy atom. The lowest BCUT2D eigenvalue weighted by atomic mass is 10.1. The SMILES string of the molecule is O=C(OCc1cccc(Br)c1)C(S)Cc1ccccc1. The summed E-state index contributed by atoms with van der Waals surface area (Å²) in [6.07, 6.45) is 0.571. The average Bonchev–Trinajstić information content (AvgIpc) is 2.46. The van der Waals surface area contributed by atoms with Crippen LogP contribution < -0.4 is 0 Å². The van der Waals surface area contributed by atoms with Crippen molar-refractivity contribution >= 4 is 34.5 Å². The van der Waals surface area contributed by atoms with Crippen LogP contribution in [0.15, 0.2) is 59.1 Å². The number of thiol groups is 1. The molecule has 0 bridgehead atoms. The maximum Gasteiger partial charge on any atom is 0.319 e. The van der Waals surface area contributed by atoms with Gasteiger partial charge in [-0.15, -0.1) is 0 Å². The molecule has 0 saturated heterocycles. The summed E-state index contributed by atoms with van der Waals surface area (Å²) in [4.78, 5) is 11.9. The normalized spacial score (nSPS) is 11.9. The Morgan fingerprint density at radius 2 is 1.80 bits per heavy atom. The number of carbonyl (C=O) groups is 1. The third kappa shape index (κ3) is 4.69. The van der Waals surface area contributed by atoms with Crippen LogP contribution in [-0.2, 0) is 22.6 Å². The van der Waals surface area contributed by atoms with Gasteiger partial charge in [0.1, 0.15) is 11.9 Å². The van der Waals surface area contributed by atoms with Crippen LogP contribution in [0.5, 0.6) is 0 Å². The Kier molecular flexibility index (Phi) is 5.68. The monoisotopic (exact) mass is 350 g/mol. The Morgan fingerprint density at radius 1 is 1.10 bits per heavy atom. The molecule has 2 aromatic carbocycles. The highest BCUT2D eigenvalue weighted by Crippen LogP contribution is 2.14. The number of hydrogen-bond acceptors (Lipinski definition) is 3. The van der Waals surface area contributed by atoms with Crippen LogP contribution in [-0.4, -0.2) is 11.2 Å². The summed E-state index contributed by atoms with van der Waals surface area (Å²) in [5, 5.41) is -0.440. The summed E-state index contributed by atoms with van der Waals surface area (Å²) < 4.78 is 6.25. The number of carbonyl (C=O) groups excluding carboxylic acids is 1. The predicted octanol–water partition coefficient (Wildman–Crippen LogP) is 4.03. The van der Waals surface area contributed by atoms with Gasteiger partial charge in [0.2, 0.25) is 0 Å². The Hall–Kier alpha value is -1.26. The molecule has 0 aromatic heterocycles. The third-order valence-corrected chi connectivity index (χ3v) is 3.70. The van der Waals surface area contributed by atoms with Crippen molar-refractivity contribution < 1.29 is 9.53 Å². The molecule has 2 rings (SSSR count). The van der Waals surface area contributed by atoms with Crippen LogP contribution in [0.4, 0.5) is 0 Å². The van der Waals surface area contributed by atoms with Crippen LogP contribution in [0, 0.1) is 0 Å². The van der Waals surface area contributed by atoms with Gasteiger partial charge < -0.3 is 4.74 Å². The van der Waals surface area contributed by atoms with E-state index >= 15 is 0 Å². The minimum Gasteiger partial charge on any atom is -0.460 e. The molecule has 0 N–H and O–H groups in total. The first-order valence-electron chi connectivity index (χ1n) is 6.28. The van der Waals surface area contributed by atoms with E-state index < -0.39 is 5.25 Å². The number of benzene rings is 2. The fraction of sp³-hybridized carbons (Fsp3) is 0.188. The molecule has 0 amide bonds. The van der Waals surface area contributed by atoms with Crippen molar-refractivity contribution in [2.24, 2.45) is 0 Å². The highest BCUT2D eigenvalue weighted by atomic mass is 79.9. The molecule has 0 heterocycles. The van der Waals surface area contributed by atoms with Crippen LogP contribution >= 0.6 is 28.6 Å². The first-order chi connectivity index (χ1) is 9.65. The van der Waals surface area contributed by atoms with Crippen molar-refractivity contribution in [2.45, 2.75) is 18.3 Å². The number of ether oxygens (including phenoxy) is 1. The van der Waals surface area contributed by atoms with Crippen molar-refractivity contribution in [3.63, 3.8) is 0 Å². The molecule has 2 nitrogen and oxygen atoms in total. The standard InChI is InChI=1S/C16H15BrO2S/c17-14-8-4-7-13(9-14)11-19-16(18)15(20)10-12-5-2-1-3-6-12/h1-9,15,20H,10-11H2. The third-order valence-electron chi connectivity index (χ3n) is 2.81. The van der Waals surface area contributed by atoms with Gasteiger partial charge in [-0.2, -0.15) is 12.6 Å². The van der Waals surface area contributed by atoms with Crippen LogP contribution in [0.3, 0.4) is 0 Å². The first kappa shape index (κ1) is 15.1. The second-order valence-corrected chi connectivity index (χ2v) is 5.98. The number of halogens is 1. The Labute approximate surface area is 132 Å². The van der Waals surface area contributed by atoms with Gasteiger partial charge in [0.15, 0.2) is 0 Å². The molecule has 20 heavy (non-hydrogen) atoms. The summed E-state index contributed by atoms with van der Waals surface area (Å²) in [6, 6.07) is 17.5. The fourth-order valence-corrected chi connectivity index (χ4v) is 2.53. The topological polar surface area (TPSA) is 26.3 Å². The van der Waals surface area contributed by atoms with E-state index in [1.807, 2.05) is 54.6 Å². The molecule has 104 valence electrons. The van der Waals surface area contributed by atoms with Gasteiger partial charge in [0.05, 0.1) is 0 Å². The highest BCUT2D eigenvalue weighted by Gasteiger charge is 2.16. The smallest absolute Gasteiger partial charge is 0.319 e. The van der Waals surface area contributed by atoms with Gasteiger partial charge in [-0.1, -0.05) is 58.4 Å². The van der Waals surface area contributed by atoms with Gasteiger partial charge in [-0.25, -0.2) is 0 Å². The summed E-state index contributed by atoms with van der Waals surface area (Å²) in [5.41, 5.74) is 2.03. The van der Waals surface area contributed by atoms with Crippen molar-refractivity contribution in [3.8, 4) is 0 Å². The predicted molar refractivity (Wildman–Crippen MR) is 86.9 cm³/mol. The molecule has 0 saturated carbocycles. The van der Waals surface area contributed by atoms with E-state index in [0.29, 0.717) is 6.42 Å². The Balaban J connectivity index is 1.85. The van der Waals surface area contributed by atoms with Crippen molar-refractivity contribution in [1.29, 1.82) is 0 Å². The molecule has 0 aliphatic carbocycles. The van der Waals surface area contributed by atoms with E-state index in [2.05, 4.69) is 28.6 Å². The molecule has 0 fully saturated rings.